The molecule has 1 aromatic heterocycles. The summed E-state index contributed by atoms with van der Waals surface area (Å²) in [6, 6.07) is 5.76. The van der Waals surface area contributed by atoms with Gasteiger partial charge in [0, 0.05) is 12.2 Å². The monoisotopic (exact) mass is 402 g/mol. The SMILES string of the molecule is O=C(NC[C@@H](OCCO)c1ccsc1)C(=O)Nc1cccc(C(F)(F)F)c1. The maximum Gasteiger partial charge on any atom is 0.416 e. The van der Waals surface area contributed by atoms with E-state index in [9.17, 15) is 22.8 Å². The molecule has 0 saturated carbocycles. The van der Waals surface area contributed by atoms with E-state index in [4.69, 9.17) is 9.84 Å². The third-order valence-electron chi connectivity index (χ3n) is 3.43. The normalized spacial score (nSPS) is 12.4. The van der Waals surface area contributed by atoms with Crippen LogP contribution < -0.4 is 10.6 Å². The zero-order valence-electron chi connectivity index (χ0n) is 14.0. The number of thiophene rings is 1. The van der Waals surface area contributed by atoms with Crippen LogP contribution in [0.1, 0.15) is 17.2 Å². The Morgan fingerprint density at radius 1 is 1.22 bits per heavy atom. The van der Waals surface area contributed by atoms with E-state index < -0.39 is 29.7 Å². The number of ether oxygens (including phenoxy) is 1. The third kappa shape index (κ3) is 6.35. The Morgan fingerprint density at radius 2 is 2.00 bits per heavy atom. The summed E-state index contributed by atoms with van der Waals surface area (Å²) in [5.41, 5.74) is -0.307. The highest BCUT2D eigenvalue weighted by atomic mass is 32.1. The largest absolute Gasteiger partial charge is 0.416 e. The number of hydrogen-bond acceptors (Lipinski definition) is 5. The number of aliphatic hydroxyl groups is 1. The highest BCUT2D eigenvalue weighted by molar-refractivity contribution is 7.07. The van der Waals surface area contributed by atoms with Crippen molar-refractivity contribution >= 4 is 28.8 Å². The van der Waals surface area contributed by atoms with Gasteiger partial charge in [0.2, 0.25) is 0 Å². The lowest BCUT2D eigenvalue weighted by Crippen LogP contribution is -2.38. The van der Waals surface area contributed by atoms with Gasteiger partial charge in [-0.3, -0.25) is 9.59 Å². The first-order chi connectivity index (χ1) is 12.8. The Balaban J connectivity index is 1.94. The van der Waals surface area contributed by atoms with E-state index >= 15 is 0 Å². The first kappa shape index (κ1) is 20.9. The molecular formula is C17H17F3N2O4S. The molecule has 0 aliphatic heterocycles. The van der Waals surface area contributed by atoms with Gasteiger partial charge >= 0.3 is 18.0 Å². The number of aliphatic hydroxyl groups excluding tert-OH is 1. The first-order valence-electron chi connectivity index (χ1n) is 7.82. The van der Waals surface area contributed by atoms with Crippen molar-refractivity contribution < 1.29 is 32.6 Å². The van der Waals surface area contributed by atoms with Crippen LogP contribution in [0.15, 0.2) is 41.1 Å². The molecular weight excluding hydrogens is 385 g/mol. The van der Waals surface area contributed by atoms with Crippen LogP contribution in [-0.2, 0) is 20.5 Å². The second-order valence-corrected chi connectivity index (χ2v) is 6.16. The van der Waals surface area contributed by atoms with E-state index in [-0.39, 0.29) is 25.4 Å². The summed E-state index contributed by atoms with van der Waals surface area (Å²) in [4.78, 5) is 23.8. The van der Waals surface area contributed by atoms with Crippen LogP contribution in [0.5, 0.6) is 0 Å². The summed E-state index contributed by atoms with van der Waals surface area (Å²) in [6.07, 6.45) is -5.12. The van der Waals surface area contributed by atoms with Gasteiger partial charge in [-0.1, -0.05) is 6.07 Å². The zero-order valence-corrected chi connectivity index (χ0v) is 14.8. The van der Waals surface area contributed by atoms with Gasteiger partial charge in [0.25, 0.3) is 0 Å². The zero-order chi connectivity index (χ0) is 19.9. The lowest BCUT2D eigenvalue weighted by atomic mass is 10.2. The van der Waals surface area contributed by atoms with E-state index in [1.807, 2.05) is 5.38 Å². The molecule has 10 heteroatoms. The van der Waals surface area contributed by atoms with Gasteiger partial charge < -0.3 is 20.5 Å². The standard InChI is InChI=1S/C17H17F3N2O4S/c18-17(19,20)12-2-1-3-13(8-12)22-16(25)15(24)21-9-14(26-6-5-23)11-4-7-27-10-11/h1-4,7-8,10,14,23H,5-6,9H2,(H,21,24)(H,22,25)/t14-/m1/s1. The second kappa shape index (κ2) is 9.49. The first-order valence-corrected chi connectivity index (χ1v) is 8.76. The van der Waals surface area contributed by atoms with Crippen molar-refractivity contribution in [1.82, 2.24) is 5.32 Å². The summed E-state index contributed by atoms with van der Waals surface area (Å²) in [7, 11) is 0. The number of benzene rings is 1. The van der Waals surface area contributed by atoms with E-state index in [0.717, 1.165) is 23.8 Å². The molecule has 2 amide bonds. The molecule has 6 nitrogen and oxygen atoms in total. The summed E-state index contributed by atoms with van der Waals surface area (Å²) in [5, 5.41) is 17.0. The van der Waals surface area contributed by atoms with E-state index in [1.165, 1.54) is 17.4 Å². The van der Waals surface area contributed by atoms with Crippen molar-refractivity contribution in [3.05, 3.63) is 52.2 Å². The number of rotatable bonds is 7. The smallest absolute Gasteiger partial charge is 0.394 e. The quantitative estimate of drug-likeness (QED) is 0.622. The number of nitrogens with one attached hydrogen (secondary N) is 2. The fourth-order valence-electron chi connectivity index (χ4n) is 2.15. The minimum atomic E-state index is -4.55. The fourth-order valence-corrected chi connectivity index (χ4v) is 2.85. The van der Waals surface area contributed by atoms with Crippen molar-refractivity contribution in [2.24, 2.45) is 0 Å². The van der Waals surface area contributed by atoms with Crippen molar-refractivity contribution in [2.45, 2.75) is 12.3 Å². The molecule has 0 fully saturated rings. The molecule has 2 aromatic rings. The Hall–Kier alpha value is -2.43. The maximum atomic E-state index is 12.7. The molecule has 0 aliphatic carbocycles. The number of hydrogen-bond donors (Lipinski definition) is 3. The average molecular weight is 402 g/mol. The Bertz CT molecular complexity index is 766. The van der Waals surface area contributed by atoms with Crippen LogP contribution in [-0.4, -0.2) is 36.7 Å². The van der Waals surface area contributed by atoms with E-state index in [0.29, 0.717) is 0 Å². The number of anilines is 1. The van der Waals surface area contributed by atoms with Crippen LogP contribution in [0.3, 0.4) is 0 Å². The highest BCUT2D eigenvalue weighted by Crippen LogP contribution is 2.30. The minimum Gasteiger partial charge on any atom is -0.394 e. The second-order valence-electron chi connectivity index (χ2n) is 5.38. The molecule has 0 unspecified atom stereocenters. The Kier molecular flexibility index (Phi) is 7.34. The lowest BCUT2D eigenvalue weighted by Gasteiger charge is -2.17. The van der Waals surface area contributed by atoms with Gasteiger partial charge in [-0.05, 0) is 40.6 Å². The van der Waals surface area contributed by atoms with E-state index in [2.05, 4.69) is 10.6 Å². The predicted molar refractivity (Wildman–Crippen MR) is 93.2 cm³/mol. The molecule has 0 aliphatic rings. The molecule has 1 aromatic carbocycles. The van der Waals surface area contributed by atoms with Crippen LogP contribution >= 0.6 is 11.3 Å². The third-order valence-corrected chi connectivity index (χ3v) is 4.13. The maximum absolute atomic E-state index is 12.7. The summed E-state index contributed by atoms with van der Waals surface area (Å²) in [5.74, 6) is -2.11. The van der Waals surface area contributed by atoms with Crippen LogP contribution in [0.4, 0.5) is 18.9 Å². The van der Waals surface area contributed by atoms with Gasteiger partial charge in [0.05, 0.1) is 18.8 Å². The van der Waals surface area contributed by atoms with Crippen LogP contribution in [0.2, 0.25) is 0 Å². The number of carbonyl (C=O) groups is 2. The predicted octanol–water partition coefficient (Wildman–Crippen LogP) is 2.57. The Morgan fingerprint density at radius 3 is 2.63 bits per heavy atom. The van der Waals surface area contributed by atoms with Gasteiger partial charge in [-0.25, -0.2) is 0 Å². The average Bonchev–Trinajstić information content (AvgIpc) is 3.15. The van der Waals surface area contributed by atoms with Gasteiger partial charge in [0.1, 0.15) is 6.10 Å². The van der Waals surface area contributed by atoms with Crippen molar-refractivity contribution in [3.63, 3.8) is 0 Å². The molecule has 2 rings (SSSR count). The molecule has 146 valence electrons. The molecule has 0 bridgehead atoms. The van der Waals surface area contributed by atoms with Crippen LogP contribution in [0, 0.1) is 0 Å². The molecule has 1 heterocycles. The molecule has 1 atom stereocenters. The lowest BCUT2D eigenvalue weighted by molar-refractivity contribution is -0.137. The number of alkyl halides is 3. The van der Waals surface area contributed by atoms with Gasteiger partial charge in [-0.2, -0.15) is 24.5 Å². The molecule has 0 saturated heterocycles. The molecule has 0 spiro atoms. The van der Waals surface area contributed by atoms with Gasteiger partial charge in [0.15, 0.2) is 0 Å². The fraction of sp³-hybridized carbons (Fsp3) is 0.294. The van der Waals surface area contributed by atoms with Crippen LogP contribution in [0.25, 0.3) is 0 Å². The molecule has 3 N–H and O–H groups in total. The van der Waals surface area contributed by atoms with Crippen molar-refractivity contribution in [3.8, 4) is 0 Å². The van der Waals surface area contributed by atoms with Crippen molar-refractivity contribution in [1.29, 1.82) is 0 Å². The molecule has 0 radical (unpaired) electrons. The summed E-state index contributed by atoms with van der Waals surface area (Å²) >= 11 is 1.42. The minimum absolute atomic E-state index is 0.0361. The van der Waals surface area contributed by atoms with E-state index in [1.54, 1.807) is 11.4 Å². The Labute approximate surface area is 157 Å². The van der Waals surface area contributed by atoms with Crippen molar-refractivity contribution in [2.75, 3.05) is 25.1 Å². The summed E-state index contributed by atoms with van der Waals surface area (Å²) in [6.45, 7) is -0.191. The number of carbonyl (C=O) groups excluding carboxylic acids is 2. The highest BCUT2D eigenvalue weighted by Gasteiger charge is 2.30. The number of halogens is 3. The number of amides is 2. The summed E-state index contributed by atoms with van der Waals surface area (Å²) < 4.78 is 43.5. The molecule has 27 heavy (non-hydrogen) atoms. The van der Waals surface area contributed by atoms with Gasteiger partial charge in [-0.15, -0.1) is 0 Å². The topological polar surface area (TPSA) is 87.7 Å².